The summed E-state index contributed by atoms with van der Waals surface area (Å²) >= 11 is 7.05. The lowest BCUT2D eigenvalue weighted by atomic mass is 10.2. The van der Waals surface area contributed by atoms with Crippen LogP contribution in [0.3, 0.4) is 0 Å². The maximum atomic E-state index is 11.8. The van der Waals surface area contributed by atoms with E-state index in [0.717, 1.165) is 10.7 Å². The zero-order valence-corrected chi connectivity index (χ0v) is 11.6. The van der Waals surface area contributed by atoms with Crippen molar-refractivity contribution in [2.45, 2.75) is 24.8 Å². The van der Waals surface area contributed by atoms with E-state index in [4.69, 9.17) is 11.6 Å². The number of aromatic nitrogens is 1. The third kappa shape index (κ3) is 3.00. The molecular formula is C11H14ClN3O2S. The molecule has 1 N–H and O–H groups in total. The summed E-state index contributed by atoms with van der Waals surface area (Å²) < 4.78 is 0. The highest BCUT2D eigenvalue weighted by Crippen LogP contribution is 2.13. The van der Waals surface area contributed by atoms with Gasteiger partial charge in [0.15, 0.2) is 0 Å². The van der Waals surface area contributed by atoms with Crippen molar-refractivity contribution in [3.05, 3.63) is 16.1 Å². The summed E-state index contributed by atoms with van der Waals surface area (Å²) in [7, 11) is 1.74. The molecule has 1 aromatic rings. The average molecular weight is 288 g/mol. The molecule has 0 aromatic carbocycles. The fraction of sp³-hybridized carbons (Fsp3) is 0.545. The molecule has 1 atom stereocenters. The molecule has 0 spiro atoms. The zero-order valence-electron chi connectivity index (χ0n) is 9.98. The van der Waals surface area contributed by atoms with Crippen molar-refractivity contribution < 1.29 is 9.59 Å². The molecule has 98 valence electrons. The predicted octanol–water partition coefficient (Wildman–Crippen LogP) is 0.771. The van der Waals surface area contributed by atoms with Gasteiger partial charge in [-0.2, -0.15) is 0 Å². The minimum absolute atomic E-state index is 0.0241. The molecule has 0 aliphatic carbocycles. The Morgan fingerprint density at radius 2 is 2.50 bits per heavy atom. The summed E-state index contributed by atoms with van der Waals surface area (Å²) in [5.41, 5.74) is 0.779. The topological polar surface area (TPSA) is 62.3 Å². The Bertz CT molecular complexity index is 463. The van der Waals surface area contributed by atoms with Crippen LogP contribution >= 0.6 is 22.9 Å². The smallest absolute Gasteiger partial charge is 0.244 e. The Morgan fingerprint density at radius 3 is 3.06 bits per heavy atom. The van der Waals surface area contributed by atoms with Gasteiger partial charge in [-0.1, -0.05) is 0 Å². The SMILES string of the molecule is CN1CCC(NC(=O)Cc2nc(CCl)cs2)C1=O. The molecule has 1 aliphatic rings. The van der Waals surface area contributed by atoms with Crippen LogP contribution < -0.4 is 5.32 Å². The lowest BCUT2D eigenvalue weighted by Crippen LogP contribution is -2.41. The van der Waals surface area contributed by atoms with Gasteiger partial charge in [0.2, 0.25) is 11.8 Å². The van der Waals surface area contributed by atoms with Gasteiger partial charge in [-0.25, -0.2) is 4.98 Å². The first-order chi connectivity index (χ1) is 8.60. The Balaban J connectivity index is 1.87. The van der Waals surface area contributed by atoms with Crippen molar-refractivity contribution in [1.29, 1.82) is 0 Å². The number of carbonyl (C=O) groups is 2. The fourth-order valence-corrected chi connectivity index (χ4v) is 2.85. The third-order valence-electron chi connectivity index (χ3n) is 2.81. The van der Waals surface area contributed by atoms with Crippen molar-refractivity contribution >= 4 is 34.8 Å². The number of nitrogens with zero attached hydrogens (tertiary/aromatic N) is 2. The van der Waals surface area contributed by atoms with E-state index in [0.29, 0.717) is 18.8 Å². The van der Waals surface area contributed by atoms with E-state index in [-0.39, 0.29) is 24.3 Å². The average Bonchev–Trinajstić information content (AvgIpc) is 2.91. The second kappa shape index (κ2) is 5.67. The van der Waals surface area contributed by atoms with Crippen molar-refractivity contribution in [2.75, 3.05) is 13.6 Å². The van der Waals surface area contributed by atoms with Crippen molar-refractivity contribution in [1.82, 2.24) is 15.2 Å². The first kappa shape index (κ1) is 13.3. The maximum Gasteiger partial charge on any atom is 0.244 e. The van der Waals surface area contributed by atoms with Crippen molar-refractivity contribution in [2.24, 2.45) is 0 Å². The van der Waals surface area contributed by atoms with Gasteiger partial charge in [-0.3, -0.25) is 9.59 Å². The van der Waals surface area contributed by atoms with Crippen molar-refractivity contribution in [3.63, 3.8) is 0 Å². The van der Waals surface area contributed by atoms with Crippen molar-refractivity contribution in [3.8, 4) is 0 Å². The lowest BCUT2D eigenvalue weighted by molar-refractivity contribution is -0.131. The molecule has 1 unspecified atom stereocenters. The molecule has 18 heavy (non-hydrogen) atoms. The van der Waals surface area contributed by atoms with Crippen LogP contribution in [0.25, 0.3) is 0 Å². The summed E-state index contributed by atoms with van der Waals surface area (Å²) in [5, 5.41) is 5.30. The summed E-state index contributed by atoms with van der Waals surface area (Å²) in [6.07, 6.45) is 0.876. The van der Waals surface area contributed by atoms with Crippen LogP contribution in [0.5, 0.6) is 0 Å². The van der Waals surface area contributed by atoms with Crippen LogP contribution in [0.4, 0.5) is 0 Å². The molecule has 2 heterocycles. The van der Waals surface area contributed by atoms with Gasteiger partial charge in [0.25, 0.3) is 0 Å². The van der Waals surface area contributed by atoms with E-state index in [9.17, 15) is 9.59 Å². The van der Waals surface area contributed by atoms with Gasteiger partial charge in [0.1, 0.15) is 11.0 Å². The molecule has 5 nitrogen and oxygen atoms in total. The molecule has 2 amide bonds. The minimum atomic E-state index is -0.380. The van der Waals surface area contributed by atoms with Crippen LogP contribution in [-0.4, -0.2) is 41.3 Å². The van der Waals surface area contributed by atoms with E-state index in [1.165, 1.54) is 11.3 Å². The number of carbonyl (C=O) groups excluding carboxylic acids is 2. The molecule has 1 fully saturated rings. The summed E-state index contributed by atoms with van der Waals surface area (Å²) in [5.74, 6) is 0.160. The number of amides is 2. The van der Waals surface area contributed by atoms with Gasteiger partial charge < -0.3 is 10.2 Å². The highest BCUT2D eigenvalue weighted by Gasteiger charge is 2.30. The largest absolute Gasteiger partial charge is 0.344 e. The van der Waals surface area contributed by atoms with Gasteiger partial charge in [-0.05, 0) is 6.42 Å². The van der Waals surface area contributed by atoms with E-state index in [1.54, 1.807) is 11.9 Å². The number of likely N-dealkylation sites (N-methyl/N-ethyl adjacent to an activating group) is 1. The zero-order chi connectivity index (χ0) is 13.1. The number of halogens is 1. The number of hydrogen-bond acceptors (Lipinski definition) is 4. The summed E-state index contributed by atoms with van der Waals surface area (Å²) in [6, 6.07) is -0.380. The molecule has 2 rings (SSSR count). The third-order valence-corrected chi connectivity index (χ3v) is 3.98. The molecule has 1 aromatic heterocycles. The highest BCUT2D eigenvalue weighted by atomic mass is 35.5. The Labute approximate surface area is 114 Å². The first-order valence-corrected chi connectivity index (χ1v) is 7.05. The van der Waals surface area contributed by atoms with Gasteiger partial charge in [0.05, 0.1) is 18.0 Å². The minimum Gasteiger partial charge on any atom is -0.344 e. The maximum absolute atomic E-state index is 11.8. The van der Waals surface area contributed by atoms with E-state index < -0.39 is 0 Å². The first-order valence-electron chi connectivity index (χ1n) is 5.63. The number of hydrogen-bond donors (Lipinski definition) is 1. The Kier molecular flexibility index (Phi) is 4.19. The number of alkyl halides is 1. The molecule has 1 aliphatic heterocycles. The number of likely N-dealkylation sites (tertiary alicyclic amines) is 1. The van der Waals surface area contributed by atoms with Crippen LogP contribution in [0, 0.1) is 0 Å². The van der Waals surface area contributed by atoms with Gasteiger partial charge in [-0.15, -0.1) is 22.9 Å². The Hall–Kier alpha value is -1.14. The summed E-state index contributed by atoms with van der Waals surface area (Å²) in [4.78, 5) is 29.2. The molecular weight excluding hydrogens is 274 g/mol. The van der Waals surface area contributed by atoms with Gasteiger partial charge >= 0.3 is 0 Å². The second-order valence-electron chi connectivity index (χ2n) is 4.21. The fourth-order valence-electron chi connectivity index (χ4n) is 1.83. The molecule has 0 bridgehead atoms. The van der Waals surface area contributed by atoms with E-state index in [2.05, 4.69) is 10.3 Å². The molecule has 0 saturated carbocycles. The highest BCUT2D eigenvalue weighted by molar-refractivity contribution is 7.09. The quantitative estimate of drug-likeness (QED) is 0.832. The monoisotopic (exact) mass is 287 g/mol. The lowest BCUT2D eigenvalue weighted by Gasteiger charge is -2.11. The van der Waals surface area contributed by atoms with Crippen LogP contribution in [0.1, 0.15) is 17.1 Å². The van der Waals surface area contributed by atoms with Crippen LogP contribution in [0.15, 0.2) is 5.38 Å². The Morgan fingerprint density at radius 1 is 1.72 bits per heavy atom. The second-order valence-corrected chi connectivity index (χ2v) is 5.42. The van der Waals surface area contributed by atoms with E-state index in [1.807, 2.05) is 5.38 Å². The normalized spacial score (nSPS) is 19.3. The summed E-state index contributed by atoms with van der Waals surface area (Å²) in [6.45, 7) is 0.692. The van der Waals surface area contributed by atoms with Crippen LogP contribution in [0.2, 0.25) is 0 Å². The number of nitrogens with one attached hydrogen (secondary N) is 1. The molecule has 0 radical (unpaired) electrons. The van der Waals surface area contributed by atoms with E-state index >= 15 is 0 Å². The molecule has 7 heteroatoms. The van der Waals surface area contributed by atoms with Crippen LogP contribution in [-0.2, 0) is 21.9 Å². The van der Waals surface area contributed by atoms with Gasteiger partial charge in [0, 0.05) is 19.0 Å². The number of thiazole rings is 1. The predicted molar refractivity (Wildman–Crippen MR) is 69.6 cm³/mol. The molecule has 1 saturated heterocycles. The standard InChI is InChI=1S/C11H14ClN3O2S/c1-15-3-2-8(11(15)17)14-9(16)4-10-13-7(5-12)6-18-10/h6,8H,2-5H2,1H3,(H,14,16). The number of rotatable bonds is 4.